The minimum atomic E-state index is 0.202. The highest BCUT2D eigenvalue weighted by Crippen LogP contribution is 2.24. The zero-order valence-corrected chi connectivity index (χ0v) is 10.9. The van der Waals surface area contributed by atoms with Gasteiger partial charge < -0.3 is 10.5 Å². The average Bonchev–Trinajstić information content (AvgIpc) is 2.39. The fraction of sp³-hybridized carbons (Fsp3) is 0.250. The molecule has 94 valence electrons. The second-order valence-corrected chi connectivity index (χ2v) is 4.61. The Labute approximate surface area is 108 Å². The van der Waals surface area contributed by atoms with E-state index in [1.165, 1.54) is 16.7 Å². The van der Waals surface area contributed by atoms with Crippen molar-refractivity contribution >= 4 is 0 Å². The summed E-state index contributed by atoms with van der Waals surface area (Å²) in [5, 5.41) is 0. The van der Waals surface area contributed by atoms with E-state index in [0.29, 0.717) is 0 Å². The monoisotopic (exact) mass is 241 g/mol. The minimum absolute atomic E-state index is 0.202. The molecule has 0 aliphatic heterocycles. The number of ether oxygens (including phenoxy) is 1. The van der Waals surface area contributed by atoms with E-state index in [1.807, 2.05) is 25.1 Å². The van der Waals surface area contributed by atoms with Gasteiger partial charge in [-0.25, -0.2) is 0 Å². The van der Waals surface area contributed by atoms with Crippen LogP contribution in [0.4, 0.5) is 0 Å². The molecular weight excluding hydrogens is 222 g/mol. The lowest BCUT2D eigenvalue weighted by Crippen LogP contribution is -2.17. The zero-order valence-electron chi connectivity index (χ0n) is 10.9. The van der Waals surface area contributed by atoms with Crippen molar-refractivity contribution in [3.8, 4) is 16.9 Å². The molecule has 2 nitrogen and oxygen atoms in total. The molecule has 2 N–H and O–H groups in total. The van der Waals surface area contributed by atoms with E-state index in [0.717, 1.165) is 12.2 Å². The Kier molecular flexibility index (Phi) is 4.00. The standard InChI is InChI=1S/C16H19NO/c1-12(17)10-13-6-8-14(9-7-13)15-4-3-5-16(11-15)18-2/h3-9,11-12H,10,17H2,1-2H3. The van der Waals surface area contributed by atoms with Crippen LogP contribution in [-0.2, 0) is 6.42 Å². The van der Waals surface area contributed by atoms with E-state index in [9.17, 15) is 0 Å². The number of rotatable bonds is 4. The lowest BCUT2D eigenvalue weighted by molar-refractivity contribution is 0.415. The molecule has 0 aliphatic rings. The Morgan fingerprint density at radius 3 is 2.39 bits per heavy atom. The van der Waals surface area contributed by atoms with Crippen molar-refractivity contribution in [3.05, 3.63) is 54.1 Å². The van der Waals surface area contributed by atoms with Gasteiger partial charge in [-0.15, -0.1) is 0 Å². The number of methoxy groups -OCH3 is 1. The molecule has 0 aliphatic carbocycles. The van der Waals surface area contributed by atoms with Crippen molar-refractivity contribution in [2.24, 2.45) is 5.73 Å². The summed E-state index contributed by atoms with van der Waals surface area (Å²) in [5.41, 5.74) is 9.43. The molecule has 1 atom stereocenters. The van der Waals surface area contributed by atoms with Crippen LogP contribution in [0.15, 0.2) is 48.5 Å². The van der Waals surface area contributed by atoms with Crippen LogP contribution in [0.3, 0.4) is 0 Å². The van der Waals surface area contributed by atoms with Crippen LogP contribution >= 0.6 is 0 Å². The number of benzene rings is 2. The van der Waals surface area contributed by atoms with Crippen LogP contribution < -0.4 is 10.5 Å². The predicted molar refractivity (Wildman–Crippen MR) is 75.8 cm³/mol. The second-order valence-electron chi connectivity index (χ2n) is 4.61. The van der Waals surface area contributed by atoms with E-state index in [-0.39, 0.29) is 6.04 Å². The number of nitrogens with two attached hydrogens (primary N) is 1. The highest BCUT2D eigenvalue weighted by molar-refractivity contribution is 5.65. The molecule has 18 heavy (non-hydrogen) atoms. The first-order valence-corrected chi connectivity index (χ1v) is 6.18. The quantitative estimate of drug-likeness (QED) is 0.891. The summed E-state index contributed by atoms with van der Waals surface area (Å²) in [5.74, 6) is 0.882. The summed E-state index contributed by atoms with van der Waals surface area (Å²) < 4.78 is 5.24. The molecule has 0 amide bonds. The largest absolute Gasteiger partial charge is 0.497 e. The van der Waals surface area contributed by atoms with Gasteiger partial charge in [0.05, 0.1) is 7.11 Å². The summed E-state index contributed by atoms with van der Waals surface area (Å²) in [6.07, 6.45) is 0.915. The molecule has 0 heterocycles. The van der Waals surface area contributed by atoms with Crippen molar-refractivity contribution in [2.75, 3.05) is 7.11 Å². The summed E-state index contributed by atoms with van der Waals surface area (Å²) >= 11 is 0. The SMILES string of the molecule is COc1cccc(-c2ccc(CC(C)N)cc2)c1. The molecule has 0 fully saturated rings. The van der Waals surface area contributed by atoms with E-state index >= 15 is 0 Å². The van der Waals surface area contributed by atoms with Gasteiger partial charge in [-0.2, -0.15) is 0 Å². The van der Waals surface area contributed by atoms with E-state index < -0.39 is 0 Å². The summed E-state index contributed by atoms with van der Waals surface area (Å²) in [7, 11) is 1.69. The van der Waals surface area contributed by atoms with Gasteiger partial charge in [-0.3, -0.25) is 0 Å². The van der Waals surface area contributed by atoms with Crippen molar-refractivity contribution in [1.82, 2.24) is 0 Å². The molecule has 0 saturated carbocycles. The van der Waals surface area contributed by atoms with E-state index in [2.05, 4.69) is 30.3 Å². The maximum absolute atomic E-state index is 5.79. The first-order valence-electron chi connectivity index (χ1n) is 6.18. The fourth-order valence-electron chi connectivity index (χ4n) is 2.01. The van der Waals surface area contributed by atoms with Crippen molar-refractivity contribution in [2.45, 2.75) is 19.4 Å². The van der Waals surface area contributed by atoms with Crippen molar-refractivity contribution < 1.29 is 4.74 Å². The minimum Gasteiger partial charge on any atom is -0.497 e. The Balaban J connectivity index is 2.22. The molecule has 2 rings (SSSR count). The first kappa shape index (κ1) is 12.7. The molecule has 2 aromatic rings. The highest BCUT2D eigenvalue weighted by atomic mass is 16.5. The third kappa shape index (κ3) is 3.11. The maximum Gasteiger partial charge on any atom is 0.119 e. The van der Waals surface area contributed by atoms with Gasteiger partial charge in [0, 0.05) is 6.04 Å². The van der Waals surface area contributed by atoms with E-state index in [1.54, 1.807) is 7.11 Å². The molecule has 0 radical (unpaired) electrons. The van der Waals surface area contributed by atoms with Crippen molar-refractivity contribution in [3.63, 3.8) is 0 Å². The van der Waals surface area contributed by atoms with Gasteiger partial charge in [-0.05, 0) is 42.2 Å². The predicted octanol–water partition coefficient (Wildman–Crippen LogP) is 3.25. The Hall–Kier alpha value is -1.80. The smallest absolute Gasteiger partial charge is 0.119 e. The lowest BCUT2D eigenvalue weighted by atomic mass is 10.0. The molecule has 0 spiro atoms. The zero-order chi connectivity index (χ0) is 13.0. The normalized spacial score (nSPS) is 12.2. The van der Waals surface area contributed by atoms with Crippen LogP contribution in [-0.4, -0.2) is 13.2 Å². The second kappa shape index (κ2) is 5.69. The van der Waals surface area contributed by atoms with Gasteiger partial charge in [0.1, 0.15) is 5.75 Å². The summed E-state index contributed by atoms with van der Waals surface area (Å²) in [4.78, 5) is 0. The molecule has 1 unspecified atom stereocenters. The number of hydrogen-bond acceptors (Lipinski definition) is 2. The van der Waals surface area contributed by atoms with Gasteiger partial charge in [0.2, 0.25) is 0 Å². The molecule has 0 saturated heterocycles. The lowest BCUT2D eigenvalue weighted by Gasteiger charge is -2.08. The molecular formula is C16H19NO. The van der Waals surface area contributed by atoms with Gasteiger partial charge in [0.25, 0.3) is 0 Å². The number of hydrogen-bond donors (Lipinski definition) is 1. The Morgan fingerprint density at radius 1 is 1.06 bits per heavy atom. The molecule has 2 aromatic carbocycles. The summed E-state index contributed by atoms with van der Waals surface area (Å²) in [6.45, 7) is 2.02. The Morgan fingerprint density at radius 2 is 1.78 bits per heavy atom. The third-order valence-corrected chi connectivity index (χ3v) is 2.91. The fourth-order valence-corrected chi connectivity index (χ4v) is 2.01. The van der Waals surface area contributed by atoms with Crippen LogP contribution in [0, 0.1) is 0 Å². The Bertz CT molecular complexity index is 503. The van der Waals surface area contributed by atoms with Gasteiger partial charge >= 0.3 is 0 Å². The van der Waals surface area contributed by atoms with Gasteiger partial charge in [-0.1, -0.05) is 36.4 Å². The molecule has 2 heteroatoms. The maximum atomic E-state index is 5.79. The topological polar surface area (TPSA) is 35.2 Å². The van der Waals surface area contributed by atoms with Crippen LogP contribution in [0.1, 0.15) is 12.5 Å². The first-order chi connectivity index (χ1) is 8.69. The van der Waals surface area contributed by atoms with Crippen molar-refractivity contribution in [1.29, 1.82) is 0 Å². The average molecular weight is 241 g/mol. The molecule has 0 aromatic heterocycles. The van der Waals surface area contributed by atoms with Crippen LogP contribution in [0.2, 0.25) is 0 Å². The third-order valence-electron chi connectivity index (χ3n) is 2.91. The van der Waals surface area contributed by atoms with Gasteiger partial charge in [0.15, 0.2) is 0 Å². The van der Waals surface area contributed by atoms with Crippen LogP contribution in [0.25, 0.3) is 11.1 Å². The van der Waals surface area contributed by atoms with Crippen LogP contribution in [0.5, 0.6) is 5.75 Å². The van der Waals surface area contributed by atoms with E-state index in [4.69, 9.17) is 10.5 Å². The molecule has 0 bridgehead atoms. The highest BCUT2D eigenvalue weighted by Gasteiger charge is 2.01. The summed E-state index contributed by atoms with van der Waals surface area (Å²) in [6, 6.07) is 16.8.